The van der Waals surface area contributed by atoms with Crippen molar-refractivity contribution in [3.8, 4) is 0 Å². The molecule has 0 saturated heterocycles. The molecule has 0 unspecified atom stereocenters. The third kappa shape index (κ3) is 3.61. The van der Waals surface area contributed by atoms with Gasteiger partial charge < -0.3 is 0 Å². The smallest absolute Gasteiger partial charge is 0.266 e. The molecule has 0 saturated carbocycles. The van der Waals surface area contributed by atoms with Gasteiger partial charge in [-0.3, -0.25) is 9.59 Å². The maximum atomic E-state index is 13.1. The first-order chi connectivity index (χ1) is 13.5. The highest BCUT2D eigenvalue weighted by Crippen LogP contribution is 2.08. The molecule has 5 nitrogen and oxygen atoms in total. The van der Waals surface area contributed by atoms with Crippen LogP contribution in [0.15, 0.2) is 58.1 Å². The minimum Gasteiger partial charge on any atom is -0.266 e. The Morgan fingerprint density at radius 2 is 1.71 bits per heavy atom. The lowest BCUT2D eigenvalue weighted by Gasteiger charge is -2.00. The normalized spacial score (nSPS) is 12.0. The quantitative estimate of drug-likeness (QED) is 0.534. The standard InChI is InChI=1S/C21H16FN3O2S/c1-2-13-3-5-15(6-4-13)12-18-20(27)25-21(28-18)23-19(26)17(24-25)11-14-7-9-16(22)10-8-14/h3-10,12H,2,11H2,1H3. The highest BCUT2D eigenvalue weighted by molar-refractivity contribution is 7.15. The van der Waals surface area contributed by atoms with Gasteiger partial charge in [0.15, 0.2) is 0 Å². The Kier molecular flexibility index (Phi) is 4.83. The van der Waals surface area contributed by atoms with Crippen LogP contribution in [0.4, 0.5) is 4.39 Å². The lowest BCUT2D eigenvalue weighted by molar-refractivity contribution is 0.627. The maximum absolute atomic E-state index is 13.1. The molecule has 0 aliphatic carbocycles. The molecule has 0 spiro atoms. The molecule has 28 heavy (non-hydrogen) atoms. The maximum Gasteiger partial charge on any atom is 0.296 e. The number of aromatic nitrogens is 3. The summed E-state index contributed by atoms with van der Waals surface area (Å²) in [6.07, 6.45) is 2.90. The van der Waals surface area contributed by atoms with Gasteiger partial charge >= 0.3 is 0 Å². The van der Waals surface area contributed by atoms with Crippen molar-refractivity contribution in [3.63, 3.8) is 0 Å². The molecule has 2 aromatic carbocycles. The molecule has 0 atom stereocenters. The zero-order valence-electron chi connectivity index (χ0n) is 15.1. The van der Waals surface area contributed by atoms with Gasteiger partial charge in [-0.25, -0.2) is 4.39 Å². The molecule has 2 heterocycles. The van der Waals surface area contributed by atoms with Gasteiger partial charge in [0.1, 0.15) is 11.5 Å². The van der Waals surface area contributed by atoms with E-state index in [9.17, 15) is 14.0 Å². The van der Waals surface area contributed by atoms with E-state index in [-0.39, 0.29) is 28.5 Å². The van der Waals surface area contributed by atoms with Crippen LogP contribution in [0.25, 0.3) is 11.0 Å². The Labute approximate surface area is 163 Å². The molecule has 0 amide bonds. The minimum absolute atomic E-state index is 0.151. The summed E-state index contributed by atoms with van der Waals surface area (Å²) in [7, 11) is 0. The van der Waals surface area contributed by atoms with Crippen molar-refractivity contribution in [3.05, 3.63) is 102 Å². The second-order valence-electron chi connectivity index (χ2n) is 6.37. The van der Waals surface area contributed by atoms with Gasteiger partial charge in [-0.1, -0.05) is 54.7 Å². The van der Waals surface area contributed by atoms with Crippen molar-refractivity contribution in [1.29, 1.82) is 0 Å². The number of hydrogen-bond donors (Lipinski definition) is 0. The van der Waals surface area contributed by atoms with E-state index >= 15 is 0 Å². The van der Waals surface area contributed by atoms with Gasteiger partial charge in [-0.15, -0.1) is 0 Å². The van der Waals surface area contributed by atoms with Gasteiger partial charge in [0.2, 0.25) is 4.96 Å². The Morgan fingerprint density at radius 3 is 2.39 bits per heavy atom. The number of thiazole rings is 1. The van der Waals surface area contributed by atoms with Crippen LogP contribution >= 0.6 is 11.3 Å². The van der Waals surface area contributed by atoms with E-state index in [1.165, 1.54) is 17.7 Å². The van der Waals surface area contributed by atoms with Crippen LogP contribution in [0.3, 0.4) is 0 Å². The van der Waals surface area contributed by atoms with E-state index in [1.54, 1.807) is 18.2 Å². The summed E-state index contributed by atoms with van der Waals surface area (Å²) in [4.78, 5) is 29.3. The summed E-state index contributed by atoms with van der Waals surface area (Å²) in [5.74, 6) is -0.353. The predicted octanol–water partition coefficient (Wildman–Crippen LogP) is 2.35. The monoisotopic (exact) mass is 393 g/mol. The lowest BCUT2D eigenvalue weighted by Crippen LogP contribution is -2.28. The van der Waals surface area contributed by atoms with Crippen LogP contribution in [0.2, 0.25) is 0 Å². The highest BCUT2D eigenvalue weighted by atomic mass is 32.1. The number of rotatable bonds is 4. The summed E-state index contributed by atoms with van der Waals surface area (Å²) in [5, 5.41) is 4.21. The van der Waals surface area contributed by atoms with Crippen molar-refractivity contribution in [2.45, 2.75) is 19.8 Å². The van der Waals surface area contributed by atoms with E-state index in [0.29, 0.717) is 4.53 Å². The first-order valence-corrected chi connectivity index (χ1v) is 9.63. The zero-order valence-corrected chi connectivity index (χ0v) is 15.9. The Hall–Kier alpha value is -3.19. The molecule has 0 fully saturated rings. The van der Waals surface area contributed by atoms with Crippen molar-refractivity contribution in [1.82, 2.24) is 14.6 Å². The van der Waals surface area contributed by atoms with Gasteiger partial charge in [-0.2, -0.15) is 14.6 Å². The third-order valence-electron chi connectivity index (χ3n) is 4.42. The number of fused-ring (bicyclic) bond motifs is 1. The molecule has 0 aliphatic heterocycles. The van der Waals surface area contributed by atoms with Crippen LogP contribution in [0, 0.1) is 5.82 Å². The third-order valence-corrected chi connectivity index (χ3v) is 5.38. The molecular formula is C21H16FN3O2S. The van der Waals surface area contributed by atoms with E-state index in [1.807, 2.05) is 24.3 Å². The summed E-state index contributed by atoms with van der Waals surface area (Å²) in [6, 6.07) is 13.7. The van der Waals surface area contributed by atoms with Gasteiger partial charge in [-0.05, 0) is 41.3 Å². The Balaban J connectivity index is 1.76. The number of aryl methyl sites for hydroxylation is 1. The van der Waals surface area contributed by atoms with E-state index < -0.39 is 5.56 Å². The average Bonchev–Trinajstić information content (AvgIpc) is 2.99. The van der Waals surface area contributed by atoms with E-state index in [4.69, 9.17) is 0 Å². The number of nitrogens with zero attached hydrogens (tertiary/aromatic N) is 3. The second-order valence-corrected chi connectivity index (χ2v) is 7.38. The topological polar surface area (TPSA) is 64.3 Å². The fourth-order valence-corrected chi connectivity index (χ4v) is 3.75. The molecule has 0 radical (unpaired) electrons. The van der Waals surface area contributed by atoms with Crippen molar-refractivity contribution >= 4 is 22.4 Å². The van der Waals surface area contributed by atoms with Gasteiger partial charge in [0, 0.05) is 6.42 Å². The fraction of sp³-hybridized carbons (Fsp3) is 0.143. The molecule has 4 aromatic rings. The van der Waals surface area contributed by atoms with Crippen LogP contribution in [-0.2, 0) is 12.8 Å². The summed E-state index contributed by atoms with van der Waals surface area (Å²) < 4.78 is 14.7. The zero-order chi connectivity index (χ0) is 19.7. The molecule has 7 heteroatoms. The first kappa shape index (κ1) is 18.2. The van der Waals surface area contributed by atoms with Crippen LogP contribution in [0.1, 0.15) is 29.3 Å². The minimum atomic E-state index is -0.482. The lowest BCUT2D eigenvalue weighted by atomic mass is 10.1. The van der Waals surface area contributed by atoms with Gasteiger partial charge in [0.25, 0.3) is 11.1 Å². The molecule has 4 rings (SSSR count). The van der Waals surface area contributed by atoms with Crippen molar-refractivity contribution in [2.24, 2.45) is 0 Å². The Morgan fingerprint density at radius 1 is 1.04 bits per heavy atom. The van der Waals surface area contributed by atoms with E-state index in [0.717, 1.165) is 33.4 Å². The van der Waals surface area contributed by atoms with Crippen LogP contribution in [0.5, 0.6) is 0 Å². The van der Waals surface area contributed by atoms with Gasteiger partial charge in [0.05, 0.1) is 4.53 Å². The fourth-order valence-electron chi connectivity index (χ4n) is 2.85. The number of halogens is 1. The van der Waals surface area contributed by atoms with Crippen molar-refractivity contribution in [2.75, 3.05) is 0 Å². The number of benzene rings is 2. The molecule has 0 bridgehead atoms. The van der Waals surface area contributed by atoms with Crippen LogP contribution < -0.4 is 15.7 Å². The summed E-state index contributed by atoms with van der Waals surface area (Å²) >= 11 is 1.13. The largest absolute Gasteiger partial charge is 0.296 e. The molecule has 2 aromatic heterocycles. The molecular weight excluding hydrogens is 377 g/mol. The van der Waals surface area contributed by atoms with Crippen LogP contribution in [-0.4, -0.2) is 14.6 Å². The second kappa shape index (κ2) is 7.44. The predicted molar refractivity (Wildman–Crippen MR) is 107 cm³/mol. The molecule has 140 valence electrons. The molecule has 0 N–H and O–H groups in total. The van der Waals surface area contributed by atoms with Crippen molar-refractivity contribution < 1.29 is 4.39 Å². The summed E-state index contributed by atoms with van der Waals surface area (Å²) in [6.45, 7) is 2.08. The summed E-state index contributed by atoms with van der Waals surface area (Å²) in [5.41, 5.74) is 2.19. The first-order valence-electron chi connectivity index (χ1n) is 8.81. The Bertz CT molecular complexity index is 1310. The molecule has 0 aliphatic rings. The average molecular weight is 393 g/mol. The van der Waals surface area contributed by atoms with E-state index in [2.05, 4.69) is 17.0 Å². The highest BCUT2D eigenvalue weighted by Gasteiger charge is 2.11. The SMILES string of the molecule is CCc1ccc(C=c2sc3nc(=O)c(Cc4ccc(F)cc4)nn3c2=O)cc1. The number of hydrogen-bond acceptors (Lipinski definition) is 5.